The van der Waals surface area contributed by atoms with E-state index < -0.39 is 0 Å². The van der Waals surface area contributed by atoms with Crippen molar-refractivity contribution in [3.05, 3.63) is 88.6 Å². The number of anilines is 3. The maximum atomic E-state index is 13.1. The third-order valence-corrected chi connectivity index (χ3v) is 4.07. The first-order chi connectivity index (χ1) is 13.1. The van der Waals surface area contributed by atoms with Crippen LogP contribution in [0.2, 0.25) is 0 Å². The summed E-state index contributed by atoms with van der Waals surface area (Å²) >= 11 is 0. The van der Waals surface area contributed by atoms with Crippen LogP contribution in [0.4, 0.5) is 21.5 Å². The largest absolute Gasteiger partial charge is 0.355 e. The van der Waals surface area contributed by atoms with Gasteiger partial charge in [0.1, 0.15) is 5.82 Å². The van der Waals surface area contributed by atoms with Gasteiger partial charge < -0.3 is 20.6 Å². The predicted octanol–water partition coefficient (Wildman–Crippen LogP) is 3.99. The highest BCUT2D eigenvalue weighted by molar-refractivity contribution is 6.08. The number of H-pyrrole nitrogens is 2. The lowest BCUT2D eigenvalue weighted by Gasteiger charge is -2.12. The first-order valence-electron chi connectivity index (χ1n) is 8.23. The molecule has 0 saturated heterocycles. The van der Waals surface area contributed by atoms with Gasteiger partial charge in [-0.05, 0) is 54.6 Å². The molecule has 27 heavy (non-hydrogen) atoms. The Morgan fingerprint density at radius 3 is 2.37 bits per heavy atom. The monoisotopic (exact) mass is 362 g/mol. The number of carbonyl (C=O) groups excluding carboxylic acids is 1. The molecule has 0 fully saturated rings. The maximum absolute atomic E-state index is 13.1. The molecule has 0 saturated carbocycles. The number of aromatic amines is 2. The number of fused-ring (bicyclic) bond motifs is 1. The van der Waals surface area contributed by atoms with Crippen LogP contribution in [0, 0.1) is 5.82 Å². The summed E-state index contributed by atoms with van der Waals surface area (Å²) in [5.74, 6) is -0.637. The summed E-state index contributed by atoms with van der Waals surface area (Å²) in [7, 11) is 0. The van der Waals surface area contributed by atoms with Crippen molar-refractivity contribution in [2.75, 3.05) is 10.6 Å². The van der Waals surface area contributed by atoms with Crippen LogP contribution >= 0.6 is 0 Å². The van der Waals surface area contributed by atoms with Gasteiger partial charge in [0.2, 0.25) is 0 Å². The second-order valence-corrected chi connectivity index (χ2v) is 5.97. The minimum atomic E-state index is -0.329. The zero-order valence-electron chi connectivity index (χ0n) is 14.0. The molecule has 0 bridgehead atoms. The number of imidazole rings is 1. The van der Waals surface area contributed by atoms with Crippen LogP contribution in [0.15, 0.2) is 71.5 Å². The lowest BCUT2D eigenvalue weighted by Crippen LogP contribution is -2.13. The number of aromatic nitrogens is 2. The summed E-state index contributed by atoms with van der Waals surface area (Å²) in [5, 5.41) is 5.94. The fourth-order valence-corrected chi connectivity index (χ4v) is 2.79. The van der Waals surface area contributed by atoms with Gasteiger partial charge in [-0.25, -0.2) is 9.18 Å². The van der Waals surface area contributed by atoms with Gasteiger partial charge in [-0.2, -0.15) is 0 Å². The molecule has 3 aromatic carbocycles. The Balaban J connectivity index is 1.59. The van der Waals surface area contributed by atoms with Crippen LogP contribution in [0.3, 0.4) is 0 Å². The van der Waals surface area contributed by atoms with Crippen LogP contribution < -0.4 is 16.3 Å². The van der Waals surface area contributed by atoms with Crippen LogP contribution in [0.25, 0.3) is 11.0 Å². The van der Waals surface area contributed by atoms with Gasteiger partial charge in [0.05, 0.1) is 22.3 Å². The van der Waals surface area contributed by atoms with E-state index in [1.54, 1.807) is 54.6 Å². The molecule has 0 spiro atoms. The lowest BCUT2D eigenvalue weighted by molar-refractivity contribution is 0.102. The number of nitrogens with one attached hydrogen (secondary N) is 4. The van der Waals surface area contributed by atoms with Gasteiger partial charge in [0.15, 0.2) is 0 Å². The molecule has 4 aromatic rings. The molecule has 7 heteroatoms. The SMILES string of the molecule is O=C(Nc1ccc2[nH]c(=O)[nH]c2c1)c1ccccc1Nc1ccc(F)cc1. The summed E-state index contributed by atoms with van der Waals surface area (Å²) in [6, 6.07) is 18.0. The van der Waals surface area contributed by atoms with Gasteiger partial charge in [-0.1, -0.05) is 12.1 Å². The lowest BCUT2D eigenvalue weighted by atomic mass is 10.1. The Kier molecular flexibility index (Phi) is 4.18. The second kappa shape index (κ2) is 6.80. The molecular weight excluding hydrogens is 347 g/mol. The number of amides is 1. The average molecular weight is 362 g/mol. The van der Waals surface area contributed by atoms with Crippen LogP contribution in [-0.4, -0.2) is 15.9 Å². The van der Waals surface area contributed by atoms with E-state index in [0.717, 1.165) is 0 Å². The molecule has 6 nitrogen and oxygen atoms in total. The average Bonchev–Trinajstić information content (AvgIpc) is 3.03. The van der Waals surface area contributed by atoms with E-state index in [-0.39, 0.29) is 17.4 Å². The number of halogens is 1. The van der Waals surface area contributed by atoms with Crippen molar-refractivity contribution >= 4 is 34.0 Å². The van der Waals surface area contributed by atoms with E-state index in [4.69, 9.17) is 0 Å². The summed E-state index contributed by atoms with van der Waals surface area (Å²) in [6.45, 7) is 0. The molecule has 1 aromatic heterocycles. The van der Waals surface area contributed by atoms with E-state index in [0.29, 0.717) is 33.7 Å². The first kappa shape index (κ1) is 16.6. The van der Waals surface area contributed by atoms with Gasteiger partial charge in [-0.3, -0.25) is 4.79 Å². The minimum Gasteiger partial charge on any atom is -0.355 e. The zero-order valence-corrected chi connectivity index (χ0v) is 14.0. The van der Waals surface area contributed by atoms with Crippen molar-refractivity contribution in [3.63, 3.8) is 0 Å². The van der Waals surface area contributed by atoms with Crippen molar-refractivity contribution in [1.29, 1.82) is 0 Å². The van der Waals surface area contributed by atoms with Crippen LogP contribution in [0.5, 0.6) is 0 Å². The number of hydrogen-bond donors (Lipinski definition) is 4. The molecular formula is C20H15FN4O2. The van der Waals surface area contributed by atoms with Crippen molar-refractivity contribution in [3.8, 4) is 0 Å². The topological polar surface area (TPSA) is 89.8 Å². The van der Waals surface area contributed by atoms with Crippen molar-refractivity contribution < 1.29 is 9.18 Å². The Bertz CT molecular complexity index is 1180. The van der Waals surface area contributed by atoms with Gasteiger partial charge in [0.25, 0.3) is 5.91 Å². The quantitative estimate of drug-likeness (QED) is 0.442. The van der Waals surface area contributed by atoms with E-state index in [2.05, 4.69) is 20.6 Å². The summed E-state index contributed by atoms with van der Waals surface area (Å²) in [4.78, 5) is 29.4. The summed E-state index contributed by atoms with van der Waals surface area (Å²) in [6.07, 6.45) is 0. The molecule has 0 radical (unpaired) electrons. The van der Waals surface area contributed by atoms with Gasteiger partial charge >= 0.3 is 5.69 Å². The molecule has 1 heterocycles. The van der Waals surface area contributed by atoms with Crippen molar-refractivity contribution in [2.45, 2.75) is 0 Å². The molecule has 1 amide bonds. The molecule has 0 unspecified atom stereocenters. The Morgan fingerprint density at radius 1 is 0.852 bits per heavy atom. The fraction of sp³-hybridized carbons (Fsp3) is 0. The molecule has 0 atom stereocenters. The van der Waals surface area contributed by atoms with E-state index in [9.17, 15) is 14.0 Å². The number of rotatable bonds is 4. The Labute approximate surface area is 153 Å². The van der Waals surface area contributed by atoms with Crippen molar-refractivity contribution in [2.24, 2.45) is 0 Å². The standard InChI is InChI=1S/C20H15FN4O2/c21-12-5-7-13(8-6-12)22-16-4-2-1-3-15(16)19(26)23-14-9-10-17-18(11-14)25-20(27)24-17/h1-11,22H,(H,23,26)(H2,24,25,27). The molecule has 4 N–H and O–H groups in total. The van der Waals surface area contributed by atoms with Gasteiger partial charge in [-0.15, -0.1) is 0 Å². The molecule has 0 aliphatic rings. The van der Waals surface area contributed by atoms with Crippen molar-refractivity contribution in [1.82, 2.24) is 9.97 Å². The maximum Gasteiger partial charge on any atom is 0.323 e. The Hall–Kier alpha value is -3.87. The van der Waals surface area contributed by atoms with E-state index in [1.807, 2.05) is 0 Å². The van der Waals surface area contributed by atoms with Gasteiger partial charge in [0, 0.05) is 11.4 Å². The van der Waals surface area contributed by atoms with E-state index >= 15 is 0 Å². The number of para-hydroxylation sites is 1. The fourth-order valence-electron chi connectivity index (χ4n) is 2.79. The third-order valence-electron chi connectivity index (χ3n) is 4.07. The summed E-state index contributed by atoms with van der Waals surface area (Å²) in [5.41, 5.74) is 3.22. The number of benzene rings is 3. The normalized spacial score (nSPS) is 10.7. The zero-order chi connectivity index (χ0) is 18.8. The smallest absolute Gasteiger partial charge is 0.323 e. The predicted molar refractivity (Wildman–Crippen MR) is 103 cm³/mol. The Morgan fingerprint density at radius 2 is 1.56 bits per heavy atom. The van der Waals surface area contributed by atoms with E-state index in [1.165, 1.54) is 12.1 Å². The highest BCUT2D eigenvalue weighted by Crippen LogP contribution is 2.23. The van der Waals surface area contributed by atoms with Crippen LogP contribution in [-0.2, 0) is 0 Å². The first-order valence-corrected chi connectivity index (χ1v) is 8.23. The highest BCUT2D eigenvalue weighted by atomic mass is 19.1. The summed E-state index contributed by atoms with van der Waals surface area (Å²) < 4.78 is 13.1. The third kappa shape index (κ3) is 3.57. The molecule has 134 valence electrons. The molecule has 0 aliphatic carbocycles. The second-order valence-electron chi connectivity index (χ2n) is 5.97. The minimum absolute atomic E-state index is 0.303. The molecule has 4 rings (SSSR count). The number of hydrogen-bond acceptors (Lipinski definition) is 3. The molecule has 0 aliphatic heterocycles. The highest BCUT2D eigenvalue weighted by Gasteiger charge is 2.12. The van der Waals surface area contributed by atoms with Crippen LogP contribution in [0.1, 0.15) is 10.4 Å². The number of carbonyl (C=O) groups is 1.